The smallest absolute Gasteiger partial charge is 0.306 e. The third kappa shape index (κ3) is 5.16. The quantitative estimate of drug-likeness (QED) is 0.310. The fourth-order valence-corrected chi connectivity index (χ4v) is 5.70. The highest BCUT2D eigenvalue weighted by Crippen LogP contribution is 2.45. The number of ether oxygens (including phenoxy) is 4. The lowest BCUT2D eigenvalue weighted by atomic mass is 9.90. The number of nitrogens with zero attached hydrogens (tertiary/aromatic N) is 1. The fraction of sp³-hybridized carbons (Fsp3) is 0.375. The van der Waals surface area contributed by atoms with E-state index < -0.39 is 11.7 Å². The largest absolute Gasteiger partial charge is 0.492 e. The zero-order valence-corrected chi connectivity index (χ0v) is 22.9. The number of nitriles is 1. The number of carbonyl (C=O) groups excluding carboxylic acids is 1. The second kappa shape index (κ2) is 10.3. The molecule has 5 rings (SSSR count). The number of methoxy groups -OCH3 is 1. The molecule has 0 N–H and O–H groups in total. The van der Waals surface area contributed by atoms with E-state index in [1.807, 2.05) is 50.2 Å². The molecule has 202 valence electrons. The van der Waals surface area contributed by atoms with E-state index >= 15 is 4.39 Å². The van der Waals surface area contributed by atoms with Gasteiger partial charge >= 0.3 is 5.97 Å². The van der Waals surface area contributed by atoms with Gasteiger partial charge in [0.2, 0.25) is 0 Å². The van der Waals surface area contributed by atoms with Gasteiger partial charge in [-0.15, -0.1) is 0 Å². The van der Waals surface area contributed by atoms with Gasteiger partial charge in [0.1, 0.15) is 35.2 Å². The topological polar surface area (TPSA) is 77.8 Å². The molecule has 0 saturated carbocycles. The molecular weight excluding hydrogens is 497 g/mol. The van der Waals surface area contributed by atoms with E-state index in [4.69, 9.17) is 18.9 Å². The molecule has 0 unspecified atom stereocenters. The van der Waals surface area contributed by atoms with Gasteiger partial charge in [-0.05, 0) is 92.6 Å². The minimum atomic E-state index is -0.938. The number of halogens is 1. The summed E-state index contributed by atoms with van der Waals surface area (Å²) in [6.07, 6.45) is 1.18. The highest BCUT2D eigenvalue weighted by Gasteiger charge is 2.32. The summed E-state index contributed by atoms with van der Waals surface area (Å²) < 4.78 is 38.1. The van der Waals surface area contributed by atoms with Crippen LogP contribution < -0.4 is 14.2 Å². The molecule has 0 saturated heterocycles. The molecule has 7 heteroatoms. The number of hydrogen-bond acceptors (Lipinski definition) is 6. The maximum atomic E-state index is 15.3. The molecule has 0 spiro atoms. The molecule has 0 amide bonds. The number of fused-ring (bicyclic) bond motifs is 2. The maximum absolute atomic E-state index is 15.3. The van der Waals surface area contributed by atoms with Crippen LogP contribution in [0.2, 0.25) is 0 Å². The van der Waals surface area contributed by atoms with Crippen LogP contribution in [0.25, 0.3) is 11.1 Å². The molecular formula is C32H32FNO5. The first-order valence-corrected chi connectivity index (χ1v) is 13.1. The average Bonchev–Trinajstić information content (AvgIpc) is 3.49. The SMILES string of the molecule is COC(=O)C[C@@H]1COc2cc(O[C@@H]3CCc4c(-c5c(C)cc(OC(C)(C)C#N)cc5C)ccc(F)c43)ccc21. The summed E-state index contributed by atoms with van der Waals surface area (Å²) in [7, 11) is 1.38. The van der Waals surface area contributed by atoms with Crippen molar-refractivity contribution in [2.45, 2.75) is 64.6 Å². The zero-order valence-electron chi connectivity index (χ0n) is 22.9. The van der Waals surface area contributed by atoms with E-state index in [1.165, 1.54) is 13.2 Å². The van der Waals surface area contributed by atoms with Crippen LogP contribution in [0.4, 0.5) is 4.39 Å². The second-order valence-corrected chi connectivity index (χ2v) is 10.8. The summed E-state index contributed by atoms with van der Waals surface area (Å²) in [6, 6.07) is 15.0. The molecule has 0 bridgehead atoms. The van der Waals surface area contributed by atoms with Gasteiger partial charge in [-0.2, -0.15) is 5.26 Å². The number of aryl methyl sites for hydroxylation is 2. The summed E-state index contributed by atoms with van der Waals surface area (Å²) >= 11 is 0. The van der Waals surface area contributed by atoms with Crippen molar-refractivity contribution in [1.29, 1.82) is 5.26 Å². The first-order valence-electron chi connectivity index (χ1n) is 13.1. The summed E-state index contributed by atoms with van der Waals surface area (Å²) in [5, 5.41) is 9.34. The van der Waals surface area contributed by atoms with Crippen LogP contribution in [0.3, 0.4) is 0 Å². The molecule has 3 aromatic rings. The van der Waals surface area contributed by atoms with Gasteiger partial charge in [0.05, 0.1) is 20.1 Å². The average molecular weight is 530 g/mol. The summed E-state index contributed by atoms with van der Waals surface area (Å²) in [4.78, 5) is 11.7. The van der Waals surface area contributed by atoms with Crippen LogP contribution in [-0.4, -0.2) is 25.3 Å². The fourth-order valence-electron chi connectivity index (χ4n) is 5.70. The number of hydrogen-bond donors (Lipinski definition) is 0. The molecule has 0 radical (unpaired) electrons. The van der Waals surface area contributed by atoms with Crippen molar-refractivity contribution < 1.29 is 28.1 Å². The van der Waals surface area contributed by atoms with Gasteiger partial charge in [-0.1, -0.05) is 12.1 Å². The lowest BCUT2D eigenvalue weighted by Crippen LogP contribution is -2.25. The van der Waals surface area contributed by atoms with E-state index in [1.54, 1.807) is 13.8 Å². The molecule has 6 nitrogen and oxygen atoms in total. The normalized spacial score (nSPS) is 17.6. The van der Waals surface area contributed by atoms with Crippen molar-refractivity contribution in [2.24, 2.45) is 0 Å². The third-order valence-electron chi connectivity index (χ3n) is 7.48. The minimum absolute atomic E-state index is 0.0528. The van der Waals surface area contributed by atoms with E-state index in [0.717, 1.165) is 33.4 Å². The molecule has 2 atom stereocenters. The Kier molecular flexibility index (Phi) is 6.98. The highest BCUT2D eigenvalue weighted by atomic mass is 19.1. The van der Waals surface area contributed by atoms with Gasteiger partial charge in [0, 0.05) is 23.1 Å². The Bertz CT molecular complexity index is 1470. The second-order valence-electron chi connectivity index (χ2n) is 10.8. The Balaban J connectivity index is 1.42. The van der Waals surface area contributed by atoms with E-state index in [9.17, 15) is 10.1 Å². The standard InChI is InChI=1S/C32H32FNO5/c1-18-12-22(39-32(3,4)17-34)13-19(2)30(18)24-8-10-26(33)31-25(24)9-11-27(31)38-21-6-7-23-20(14-29(35)36-5)16-37-28(23)15-21/h6-8,10,12-13,15,20,27H,9,11,14,16H2,1-5H3/t20-,27-/m1/s1. The van der Waals surface area contributed by atoms with Crippen LogP contribution in [0.5, 0.6) is 17.2 Å². The minimum Gasteiger partial charge on any atom is -0.492 e. The van der Waals surface area contributed by atoms with Crippen LogP contribution in [0, 0.1) is 31.0 Å². The van der Waals surface area contributed by atoms with Crippen molar-refractivity contribution >= 4 is 5.97 Å². The zero-order chi connectivity index (χ0) is 27.9. The van der Waals surface area contributed by atoms with Crippen molar-refractivity contribution in [3.63, 3.8) is 0 Å². The van der Waals surface area contributed by atoms with Crippen LogP contribution in [-0.2, 0) is 16.0 Å². The molecule has 1 aliphatic carbocycles. The Morgan fingerprint density at radius 2 is 1.87 bits per heavy atom. The number of benzene rings is 3. The highest BCUT2D eigenvalue weighted by molar-refractivity contribution is 5.76. The van der Waals surface area contributed by atoms with Gasteiger partial charge in [0.15, 0.2) is 5.60 Å². The Labute approximate surface area is 228 Å². The van der Waals surface area contributed by atoms with E-state index in [-0.39, 0.29) is 24.1 Å². The van der Waals surface area contributed by atoms with Gasteiger partial charge in [-0.3, -0.25) is 4.79 Å². The molecule has 1 aliphatic heterocycles. The first kappa shape index (κ1) is 26.6. The van der Waals surface area contributed by atoms with E-state index in [2.05, 4.69) is 6.07 Å². The summed E-state index contributed by atoms with van der Waals surface area (Å²) in [5.74, 6) is 1.31. The predicted octanol–water partition coefficient (Wildman–Crippen LogP) is 6.90. The van der Waals surface area contributed by atoms with Crippen molar-refractivity contribution in [2.75, 3.05) is 13.7 Å². The molecule has 0 aromatic heterocycles. The number of esters is 1. The number of rotatable bonds is 7. The lowest BCUT2D eigenvalue weighted by Gasteiger charge is -2.22. The van der Waals surface area contributed by atoms with Gasteiger partial charge in [-0.25, -0.2) is 4.39 Å². The monoisotopic (exact) mass is 529 g/mol. The first-order chi connectivity index (χ1) is 18.6. The molecule has 3 aromatic carbocycles. The van der Waals surface area contributed by atoms with Crippen LogP contribution in [0.1, 0.15) is 66.5 Å². The van der Waals surface area contributed by atoms with Crippen LogP contribution in [0.15, 0.2) is 42.5 Å². The maximum Gasteiger partial charge on any atom is 0.306 e. The van der Waals surface area contributed by atoms with Crippen molar-refractivity contribution in [1.82, 2.24) is 0 Å². The van der Waals surface area contributed by atoms with Crippen molar-refractivity contribution in [3.8, 4) is 34.4 Å². The van der Waals surface area contributed by atoms with Crippen molar-refractivity contribution in [3.05, 3.63) is 76.1 Å². The van der Waals surface area contributed by atoms with Gasteiger partial charge in [0.25, 0.3) is 0 Å². The molecule has 2 aliphatic rings. The Hall–Kier alpha value is -4.05. The predicted molar refractivity (Wildman–Crippen MR) is 145 cm³/mol. The third-order valence-corrected chi connectivity index (χ3v) is 7.48. The Morgan fingerprint density at radius 1 is 1.13 bits per heavy atom. The summed E-state index contributed by atoms with van der Waals surface area (Å²) in [5.41, 5.74) is 5.56. The lowest BCUT2D eigenvalue weighted by molar-refractivity contribution is -0.141. The molecule has 0 fully saturated rings. The van der Waals surface area contributed by atoms with E-state index in [0.29, 0.717) is 42.3 Å². The summed E-state index contributed by atoms with van der Waals surface area (Å²) in [6.45, 7) is 7.88. The Morgan fingerprint density at radius 3 is 2.56 bits per heavy atom. The molecule has 1 heterocycles. The number of carbonyl (C=O) groups is 1. The molecule has 39 heavy (non-hydrogen) atoms. The van der Waals surface area contributed by atoms with Gasteiger partial charge < -0.3 is 18.9 Å². The van der Waals surface area contributed by atoms with Crippen LogP contribution >= 0.6 is 0 Å².